The topological polar surface area (TPSA) is 58.6 Å². The number of cyclic esters (lactones) is 1. The van der Waals surface area contributed by atoms with Gasteiger partial charge in [-0.05, 0) is 32.6 Å². The molecule has 1 unspecified atom stereocenters. The minimum Gasteiger partial charge on any atom is -0.442 e. The van der Waals surface area contributed by atoms with E-state index >= 15 is 0 Å². The summed E-state index contributed by atoms with van der Waals surface area (Å²) in [7, 11) is 0. The normalized spacial score (nSPS) is 32.1. The van der Waals surface area contributed by atoms with E-state index in [1.165, 1.54) is 0 Å². The highest BCUT2D eigenvalue weighted by Crippen LogP contribution is 2.48. The third-order valence-corrected chi connectivity index (χ3v) is 3.17. The van der Waals surface area contributed by atoms with Crippen molar-refractivity contribution in [1.82, 2.24) is 5.32 Å². The van der Waals surface area contributed by atoms with Crippen LogP contribution in [0.15, 0.2) is 0 Å². The fraction of sp³-hybridized carbons (Fsp3) is 0.909. The lowest BCUT2D eigenvalue weighted by atomic mass is 9.82. The van der Waals surface area contributed by atoms with E-state index in [4.69, 9.17) is 4.74 Å². The van der Waals surface area contributed by atoms with E-state index in [-0.39, 0.29) is 6.09 Å². The summed E-state index contributed by atoms with van der Waals surface area (Å²) in [5.74, 6) is 0.454. The molecule has 2 N–H and O–H groups in total. The van der Waals surface area contributed by atoms with Gasteiger partial charge in [0.15, 0.2) is 0 Å². The van der Waals surface area contributed by atoms with Crippen LogP contribution < -0.4 is 5.32 Å². The second-order valence-corrected chi connectivity index (χ2v) is 5.39. The highest BCUT2D eigenvalue weighted by Gasteiger charge is 2.51. The lowest BCUT2D eigenvalue weighted by Crippen LogP contribution is -2.52. The van der Waals surface area contributed by atoms with Gasteiger partial charge in [-0.15, -0.1) is 0 Å². The molecule has 1 saturated heterocycles. The van der Waals surface area contributed by atoms with Crippen LogP contribution in [0.2, 0.25) is 0 Å². The van der Waals surface area contributed by atoms with Crippen LogP contribution in [0.1, 0.15) is 39.5 Å². The third kappa shape index (κ3) is 2.43. The summed E-state index contributed by atoms with van der Waals surface area (Å²) in [6.07, 6.45) is 3.25. The van der Waals surface area contributed by atoms with Gasteiger partial charge in [-0.25, -0.2) is 4.79 Å². The Morgan fingerprint density at radius 3 is 2.73 bits per heavy atom. The number of carbonyl (C=O) groups excluding carboxylic acids is 1. The fourth-order valence-electron chi connectivity index (χ4n) is 2.55. The Morgan fingerprint density at radius 1 is 1.60 bits per heavy atom. The molecule has 1 heterocycles. The minimum atomic E-state index is -0.778. The molecule has 2 aliphatic rings. The summed E-state index contributed by atoms with van der Waals surface area (Å²) in [6, 6.07) is 0. The van der Waals surface area contributed by atoms with Crippen molar-refractivity contribution in [3.05, 3.63) is 0 Å². The Labute approximate surface area is 90.0 Å². The van der Waals surface area contributed by atoms with Gasteiger partial charge in [0.25, 0.3) is 0 Å². The first-order chi connectivity index (χ1) is 6.91. The van der Waals surface area contributed by atoms with Crippen molar-refractivity contribution in [3.8, 4) is 0 Å². The molecule has 15 heavy (non-hydrogen) atoms. The molecule has 1 atom stereocenters. The number of alkyl carbamates (subject to hydrolysis) is 1. The average molecular weight is 213 g/mol. The molecule has 4 heteroatoms. The molecule has 0 bridgehead atoms. The highest BCUT2D eigenvalue weighted by atomic mass is 16.6. The summed E-state index contributed by atoms with van der Waals surface area (Å²) in [5.41, 5.74) is -1.19. The van der Waals surface area contributed by atoms with E-state index in [1.54, 1.807) is 13.8 Å². The van der Waals surface area contributed by atoms with Crippen molar-refractivity contribution in [2.45, 2.75) is 50.7 Å². The van der Waals surface area contributed by atoms with Gasteiger partial charge in [-0.3, -0.25) is 0 Å². The second kappa shape index (κ2) is 3.37. The molecule has 1 amide bonds. The molecule has 1 saturated carbocycles. The Balaban J connectivity index is 2.12. The molecule has 86 valence electrons. The van der Waals surface area contributed by atoms with Crippen molar-refractivity contribution in [2.24, 2.45) is 5.92 Å². The summed E-state index contributed by atoms with van der Waals surface area (Å²) in [6.45, 7) is 4.20. The van der Waals surface area contributed by atoms with Crippen LogP contribution in [0, 0.1) is 5.92 Å². The van der Waals surface area contributed by atoms with Crippen molar-refractivity contribution >= 4 is 6.09 Å². The Kier molecular flexibility index (Phi) is 2.41. The van der Waals surface area contributed by atoms with Crippen molar-refractivity contribution in [1.29, 1.82) is 0 Å². The monoisotopic (exact) mass is 213 g/mol. The number of hydrogen-bond acceptors (Lipinski definition) is 3. The number of aliphatic hydroxyl groups is 1. The largest absolute Gasteiger partial charge is 0.442 e. The molecular weight excluding hydrogens is 194 g/mol. The smallest absolute Gasteiger partial charge is 0.407 e. The van der Waals surface area contributed by atoms with Gasteiger partial charge in [0, 0.05) is 19.4 Å². The quantitative estimate of drug-likeness (QED) is 0.745. The summed E-state index contributed by atoms with van der Waals surface area (Å²) in [4.78, 5) is 11.3. The molecular formula is C11H19NO3. The number of ether oxygens (including phenoxy) is 1. The first kappa shape index (κ1) is 10.7. The van der Waals surface area contributed by atoms with Crippen LogP contribution in [0.5, 0.6) is 0 Å². The van der Waals surface area contributed by atoms with E-state index < -0.39 is 11.2 Å². The van der Waals surface area contributed by atoms with E-state index in [2.05, 4.69) is 5.32 Å². The van der Waals surface area contributed by atoms with Gasteiger partial charge < -0.3 is 15.2 Å². The van der Waals surface area contributed by atoms with Crippen LogP contribution in [0.25, 0.3) is 0 Å². The lowest BCUT2D eigenvalue weighted by molar-refractivity contribution is -0.0826. The zero-order valence-corrected chi connectivity index (χ0v) is 9.38. The van der Waals surface area contributed by atoms with Crippen molar-refractivity contribution < 1.29 is 14.6 Å². The third-order valence-electron chi connectivity index (χ3n) is 3.17. The SMILES string of the molecule is CC(C)(O)CC1(C2CC2)CCNC(=O)O1. The minimum absolute atomic E-state index is 0.336. The van der Waals surface area contributed by atoms with Crippen LogP contribution in [0.3, 0.4) is 0 Å². The van der Waals surface area contributed by atoms with Gasteiger partial charge in [-0.1, -0.05) is 0 Å². The highest BCUT2D eigenvalue weighted by molar-refractivity contribution is 5.68. The summed E-state index contributed by atoms with van der Waals surface area (Å²) < 4.78 is 5.46. The van der Waals surface area contributed by atoms with Crippen LogP contribution in [-0.4, -0.2) is 28.9 Å². The second-order valence-electron chi connectivity index (χ2n) is 5.39. The summed E-state index contributed by atoms with van der Waals surface area (Å²) >= 11 is 0. The maximum Gasteiger partial charge on any atom is 0.407 e. The van der Waals surface area contributed by atoms with Crippen LogP contribution in [0.4, 0.5) is 4.79 Å². The molecule has 0 spiro atoms. The van der Waals surface area contributed by atoms with Gasteiger partial charge in [0.05, 0.1) is 5.60 Å². The molecule has 2 rings (SSSR count). The van der Waals surface area contributed by atoms with Crippen molar-refractivity contribution in [3.63, 3.8) is 0 Å². The summed E-state index contributed by atoms with van der Waals surface area (Å²) in [5, 5.41) is 12.5. The van der Waals surface area contributed by atoms with E-state index in [0.29, 0.717) is 18.9 Å². The van der Waals surface area contributed by atoms with Crippen LogP contribution >= 0.6 is 0 Å². The predicted molar refractivity (Wildman–Crippen MR) is 55.5 cm³/mol. The Bertz CT molecular complexity index is 267. The fourth-order valence-corrected chi connectivity index (χ4v) is 2.55. The molecule has 0 aromatic carbocycles. The molecule has 0 radical (unpaired) electrons. The van der Waals surface area contributed by atoms with Gasteiger partial charge in [-0.2, -0.15) is 0 Å². The first-order valence-electron chi connectivity index (χ1n) is 5.61. The molecule has 2 fully saturated rings. The van der Waals surface area contributed by atoms with Crippen molar-refractivity contribution in [2.75, 3.05) is 6.54 Å². The zero-order valence-electron chi connectivity index (χ0n) is 9.38. The number of nitrogens with one attached hydrogen (secondary N) is 1. The molecule has 0 aromatic heterocycles. The lowest BCUT2D eigenvalue weighted by Gasteiger charge is -2.40. The average Bonchev–Trinajstić information content (AvgIpc) is 2.81. The predicted octanol–water partition coefficient (Wildman–Crippen LogP) is 1.43. The maximum atomic E-state index is 11.3. The molecule has 1 aliphatic heterocycles. The zero-order chi connectivity index (χ0) is 11.1. The number of amides is 1. The molecule has 0 aromatic rings. The van der Waals surface area contributed by atoms with E-state index in [0.717, 1.165) is 19.3 Å². The van der Waals surface area contributed by atoms with Gasteiger partial charge in [0.1, 0.15) is 5.60 Å². The number of hydrogen-bond donors (Lipinski definition) is 2. The first-order valence-corrected chi connectivity index (χ1v) is 5.61. The van der Waals surface area contributed by atoms with Crippen LogP contribution in [-0.2, 0) is 4.74 Å². The number of carbonyl (C=O) groups is 1. The molecule has 4 nitrogen and oxygen atoms in total. The van der Waals surface area contributed by atoms with Gasteiger partial charge in [0.2, 0.25) is 0 Å². The number of rotatable bonds is 3. The van der Waals surface area contributed by atoms with Gasteiger partial charge >= 0.3 is 6.09 Å². The van der Waals surface area contributed by atoms with E-state index in [9.17, 15) is 9.90 Å². The maximum absolute atomic E-state index is 11.3. The Morgan fingerprint density at radius 2 is 2.27 bits per heavy atom. The molecule has 1 aliphatic carbocycles. The standard InChI is InChI=1S/C11H19NO3/c1-10(2,14)7-11(8-3-4-8)5-6-12-9(13)15-11/h8,14H,3-7H2,1-2H3,(H,12,13). The Hall–Kier alpha value is -0.770. The van der Waals surface area contributed by atoms with E-state index in [1.807, 2.05) is 0 Å².